The zero-order valence-electron chi connectivity index (χ0n) is 14.6. The van der Waals surface area contributed by atoms with Crippen LogP contribution in [0.3, 0.4) is 0 Å². The van der Waals surface area contributed by atoms with Gasteiger partial charge in [0.05, 0.1) is 17.2 Å². The quantitative estimate of drug-likeness (QED) is 0.864. The number of hydrogen-bond donors (Lipinski definition) is 0. The van der Waals surface area contributed by atoms with Gasteiger partial charge in [0.2, 0.25) is 5.91 Å². The summed E-state index contributed by atoms with van der Waals surface area (Å²) in [4.78, 5) is 31.5. The van der Waals surface area contributed by atoms with Gasteiger partial charge in [-0.25, -0.2) is 4.98 Å². The first-order valence-corrected chi connectivity index (χ1v) is 9.44. The lowest BCUT2D eigenvalue weighted by Crippen LogP contribution is -2.45. The smallest absolute Gasteiger partial charge is 0.261 e. The Morgan fingerprint density at radius 3 is 2.80 bits per heavy atom. The fourth-order valence-electron chi connectivity index (χ4n) is 4.47. The molecule has 0 unspecified atom stereocenters. The molecule has 0 radical (unpaired) electrons. The number of nitrogens with zero attached hydrogens (tertiary/aromatic N) is 3. The van der Waals surface area contributed by atoms with Gasteiger partial charge in [0.1, 0.15) is 0 Å². The second kappa shape index (κ2) is 6.98. The molecule has 1 amide bonds. The van der Waals surface area contributed by atoms with Crippen LogP contribution >= 0.6 is 0 Å². The minimum Gasteiger partial charge on any atom is -0.342 e. The third-order valence-electron chi connectivity index (χ3n) is 5.94. The number of carbonyl (C=O) groups is 1. The molecule has 2 heterocycles. The summed E-state index contributed by atoms with van der Waals surface area (Å²) < 4.78 is 1.56. The van der Waals surface area contributed by atoms with E-state index in [1.165, 1.54) is 25.7 Å². The minimum absolute atomic E-state index is 0.0654. The predicted molar refractivity (Wildman–Crippen MR) is 97.3 cm³/mol. The second-order valence-electron chi connectivity index (χ2n) is 7.44. The van der Waals surface area contributed by atoms with E-state index in [4.69, 9.17) is 0 Å². The lowest BCUT2D eigenvalue weighted by atomic mass is 9.75. The third kappa shape index (κ3) is 3.32. The van der Waals surface area contributed by atoms with Gasteiger partial charge in [-0.05, 0) is 36.8 Å². The molecule has 4 rings (SSSR count). The van der Waals surface area contributed by atoms with E-state index in [0.717, 1.165) is 25.4 Å². The van der Waals surface area contributed by atoms with Crippen LogP contribution in [0.25, 0.3) is 10.9 Å². The van der Waals surface area contributed by atoms with Crippen LogP contribution in [0.1, 0.15) is 38.5 Å². The van der Waals surface area contributed by atoms with Crippen molar-refractivity contribution in [1.29, 1.82) is 0 Å². The third-order valence-corrected chi connectivity index (χ3v) is 5.94. The van der Waals surface area contributed by atoms with Gasteiger partial charge < -0.3 is 4.90 Å². The number of amides is 1. The van der Waals surface area contributed by atoms with E-state index in [1.807, 2.05) is 23.1 Å². The van der Waals surface area contributed by atoms with Gasteiger partial charge in [-0.15, -0.1) is 0 Å². The number of fused-ring (bicyclic) bond motifs is 2. The number of piperidine rings is 1. The number of rotatable bonds is 3. The van der Waals surface area contributed by atoms with Crippen molar-refractivity contribution in [2.45, 2.75) is 45.1 Å². The molecule has 1 saturated carbocycles. The Morgan fingerprint density at radius 1 is 1.12 bits per heavy atom. The van der Waals surface area contributed by atoms with Crippen molar-refractivity contribution in [2.75, 3.05) is 13.1 Å². The van der Waals surface area contributed by atoms with E-state index in [0.29, 0.717) is 29.8 Å². The highest BCUT2D eigenvalue weighted by Crippen LogP contribution is 2.36. The maximum absolute atomic E-state index is 12.6. The summed E-state index contributed by atoms with van der Waals surface area (Å²) in [6.07, 6.45) is 8.35. The molecule has 2 atom stereocenters. The first kappa shape index (κ1) is 16.3. The summed E-state index contributed by atoms with van der Waals surface area (Å²) >= 11 is 0. The lowest BCUT2D eigenvalue weighted by molar-refractivity contribution is -0.134. The first-order chi connectivity index (χ1) is 12.2. The largest absolute Gasteiger partial charge is 0.342 e. The van der Waals surface area contributed by atoms with Gasteiger partial charge in [-0.2, -0.15) is 0 Å². The van der Waals surface area contributed by atoms with E-state index in [-0.39, 0.29) is 11.5 Å². The van der Waals surface area contributed by atoms with E-state index in [1.54, 1.807) is 17.0 Å². The summed E-state index contributed by atoms with van der Waals surface area (Å²) in [7, 11) is 0. The number of benzene rings is 1. The minimum atomic E-state index is -0.0654. The van der Waals surface area contributed by atoms with Gasteiger partial charge in [-0.1, -0.05) is 31.4 Å². The van der Waals surface area contributed by atoms with Crippen LogP contribution in [-0.2, 0) is 11.3 Å². The molecule has 2 aromatic rings. The van der Waals surface area contributed by atoms with Crippen LogP contribution in [0.4, 0.5) is 0 Å². The molecule has 2 aliphatic rings. The van der Waals surface area contributed by atoms with Gasteiger partial charge in [0.25, 0.3) is 5.56 Å². The Morgan fingerprint density at radius 2 is 1.92 bits per heavy atom. The average molecular weight is 339 g/mol. The monoisotopic (exact) mass is 339 g/mol. The molecule has 1 aromatic carbocycles. The van der Waals surface area contributed by atoms with Crippen molar-refractivity contribution >= 4 is 16.8 Å². The molecular formula is C20H25N3O2. The summed E-state index contributed by atoms with van der Waals surface area (Å²) in [5.74, 6) is 1.69. The molecule has 25 heavy (non-hydrogen) atoms. The Bertz CT molecular complexity index is 829. The standard InChI is InChI=1S/C20H25N3O2/c24-19(22-11-9-15-5-1-2-6-16(15)13-22)10-12-23-14-21-18-8-4-3-7-17(18)20(23)25/h3-4,7-8,14-16H,1-2,5-6,9-13H2/t15-,16+/m0/s1. The van der Waals surface area contributed by atoms with Crippen LogP contribution in [0.5, 0.6) is 0 Å². The molecule has 5 heteroatoms. The number of aryl methyl sites for hydroxylation is 1. The van der Waals surface area contributed by atoms with Crippen molar-refractivity contribution < 1.29 is 4.79 Å². The van der Waals surface area contributed by atoms with Crippen molar-refractivity contribution in [2.24, 2.45) is 11.8 Å². The second-order valence-corrected chi connectivity index (χ2v) is 7.44. The normalized spacial score (nSPS) is 23.4. The maximum atomic E-state index is 12.6. The molecule has 1 aliphatic carbocycles. The van der Waals surface area contributed by atoms with E-state index >= 15 is 0 Å². The number of likely N-dealkylation sites (tertiary alicyclic amines) is 1. The fourth-order valence-corrected chi connectivity index (χ4v) is 4.47. The molecule has 1 aliphatic heterocycles. The number of aromatic nitrogens is 2. The topological polar surface area (TPSA) is 55.2 Å². The molecule has 132 valence electrons. The molecule has 1 aromatic heterocycles. The Labute approximate surface area is 147 Å². The van der Waals surface area contributed by atoms with Crippen molar-refractivity contribution in [3.63, 3.8) is 0 Å². The Hall–Kier alpha value is -2.17. The van der Waals surface area contributed by atoms with Crippen LogP contribution in [0.2, 0.25) is 0 Å². The number of hydrogen-bond acceptors (Lipinski definition) is 3. The van der Waals surface area contributed by atoms with Crippen molar-refractivity contribution in [3.8, 4) is 0 Å². The van der Waals surface area contributed by atoms with Crippen LogP contribution in [-0.4, -0.2) is 33.4 Å². The zero-order chi connectivity index (χ0) is 17.2. The van der Waals surface area contributed by atoms with E-state index < -0.39 is 0 Å². The molecule has 5 nitrogen and oxygen atoms in total. The summed E-state index contributed by atoms with van der Waals surface area (Å²) in [5.41, 5.74) is 0.638. The Kier molecular flexibility index (Phi) is 4.55. The highest BCUT2D eigenvalue weighted by atomic mass is 16.2. The van der Waals surface area contributed by atoms with Gasteiger partial charge >= 0.3 is 0 Å². The summed E-state index contributed by atoms with van der Waals surface area (Å²) in [6.45, 7) is 2.19. The first-order valence-electron chi connectivity index (χ1n) is 9.44. The highest BCUT2D eigenvalue weighted by molar-refractivity contribution is 5.77. The van der Waals surface area contributed by atoms with Crippen molar-refractivity contribution in [3.05, 3.63) is 40.9 Å². The number of carbonyl (C=O) groups excluding carboxylic acids is 1. The molecule has 0 spiro atoms. The SMILES string of the molecule is O=C(CCn1cnc2ccccc2c1=O)N1CC[C@@H]2CCCC[C@@H]2C1. The Balaban J connectivity index is 1.40. The highest BCUT2D eigenvalue weighted by Gasteiger charge is 2.32. The van der Waals surface area contributed by atoms with Crippen LogP contribution in [0, 0.1) is 11.8 Å². The lowest BCUT2D eigenvalue weighted by Gasteiger charge is -2.41. The number of para-hydroxylation sites is 1. The van der Waals surface area contributed by atoms with E-state index in [2.05, 4.69) is 4.98 Å². The molecule has 2 fully saturated rings. The summed E-state index contributed by atoms with van der Waals surface area (Å²) in [5, 5.41) is 0.612. The van der Waals surface area contributed by atoms with Gasteiger partial charge in [0, 0.05) is 26.1 Å². The molecule has 0 N–H and O–H groups in total. The summed E-state index contributed by atoms with van der Waals surface area (Å²) in [6, 6.07) is 7.34. The molecular weight excluding hydrogens is 314 g/mol. The average Bonchev–Trinajstić information content (AvgIpc) is 2.67. The van der Waals surface area contributed by atoms with Gasteiger partial charge in [-0.3, -0.25) is 14.2 Å². The predicted octanol–water partition coefficient (Wildman–Crippen LogP) is 2.83. The van der Waals surface area contributed by atoms with Crippen molar-refractivity contribution in [1.82, 2.24) is 14.5 Å². The molecule has 0 bridgehead atoms. The molecule has 1 saturated heterocycles. The fraction of sp³-hybridized carbons (Fsp3) is 0.550. The maximum Gasteiger partial charge on any atom is 0.261 e. The zero-order valence-corrected chi connectivity index (χ0v) is 14.6. The van der Waals surface area contributed by atoms with Gasteiger partial charge in [0.15, 0.2) is 0 Å². The van der Waals surface area contributed by atoms with E-state index in [9.17, 15) is 9.59 Å². The van der Waals surface area contributed by atoms with Crippen LogP contribution in [0.15, 0.2) is 35.4 Å². The van der Waals surface area contributed by atoms with Crippen LogP contribution < -0.4 is 5.56 Å².